The summed E-state index contributed by atoms with van der Waals surface area (Å²) in [5.74, 6) is -4.81. The monoisotopic (exact) mass is 305 g/mol. The fourth-order valence-electron chi connectivity index (χ4n) is 1.53. The summed E-state index contributed by atoms with van der Waals surface area (Å²) < 4.78 is 45.3. The molecule has 20 heavy (non-hydrogen) atoms. The summed E-state index contributed by atoms with van der Waals surface area (Å²) in [4.78, 5) is 11.6. The molecule has 0 bridgehead atoms. The van der Waals surface area contributed by atoms with Crippen molar-refractivity contribution in [3.8, 4) is 11.3 Å². The summed E-state index contributed by atoms with van der Waals surface area (Å²) in [6, 6.07) is 0.393. The second kappa shape index (κ2) is 5.49. The number of aromatic nitrogens is 3. The second-order valence-electron chi connectivity index (χ2n) is 3.58. The molecule has 0 unspecified atom stereocenters. The maximum Gasteiger partial charge on any atom is 0.361 e. The lowest BCUT2D eigenvalue weighted by Crippen LogP contribution is -2.08. The maximum atomic E-state index is 13.9. The largest absolute Gasteiger partial charge is 0.461 e. The average molecular weight is 306 g/mol. The van der Waals surface area contributed by atoms with Gasteiger partial charge in [0.2, 0.25) is 0 Å². The van der Waals surface area contributed by atoms with Gasteiger partial charge in [0.15, 0.2) is 11.5 Å². The highest BCUT2D eigenvalue weighted by atomic mass is 35.5. The van der Waals surface area contributed by atoms with Gasteiger partial charge in [0, 0.05) is 6.07 Å². The zero-order valence-corrected chi connectivity index (χ0v) is 10.8. The molecule has 9 heteroatoms. The highest BCUT2D eigenvalue weighted by Gasteiger charge is 2.27. The smallest absolute Gasteiger partial charge is 0.361 e. The lowest BCUT2D eigenvalue weighted by Gasteiger charge is -2.06. The molecule has 2 rings (SSSR count). The van der Waals surface area contributed by atoms with Gasteiger partial charge in [-0.15, -0.1) is 5.10 Å². The fourth-order valence-corrected chi connectivity index (χ4v) is 1.68. The summed E-state index contributed by atoms with van der Waals surface area (Å²) in [7, 11) is 0. The molecule has 5 nitrogen and oxygen atoms in total. The van der Waals surface area contributed by atoms with Crippen molar-refractivity contribution in [2.24, 2.45) is 0 Å². The Morgan fingerprint density at radius 1 is 1.35 bits per heavy atom. The SMILES string of the molecule is CCOC(=O)c1n[nH]nc1-c1c(F)cc(F)c(Cl)c1F. The van der Waals surface area contributed by atoms with Crippen LogP contribution in [0.25, 0.3) is 11.3 Å². The number of hydrogen-bond acceptors (Lipinski definition) is 4. The molecular formula is C11H7ClF3N3O2. The van der Waals surface area contributed by atoms with Crippen molar-refractivity contribution < 1.29 is 22.7 Å². The van der Waals surface area contributed by atoms with Crippen LogP contribution in [-0.2, 0) is 4.74 Å². The molecule has 0 radical (unpaired) electrons. The molecule has 1 aromatic heterocycles. The van der Waals surface area contributed by atoms with Crippen LogP contribution < -0.4 is 0 Å². The molecule has 1 N–H and O–H groups in total. The molecule has 0 fully saturated rings. The third-order valence-electron chi connectivity index (χ3n) is 2.37. The van der Waals surface area contributed by atoms with Crippen LogP contribution in [0.15, 0.2) is 6.07 Å². The van der Waals surface area contributed by atoms with Crippen LogP contribution in [0.4, 0.5) is 13.2 Å². The molecule has 1 heterocycles. The topological polar surface area (TPSA) is 67.9 Å². The Bertz CT molecular complexity index is 675. The highest BCUT2D eigenvalue weighted by Crippen LogP contribution is 2.32. The van der Waals surface area contributed by atoms with Crippen LogP contribution in [0.5, 0.6) is 0 Å². The molecular weight excluding hydrogens is 299 g/mol. The van der Waals surface area contributed by atoms with Crippen LogP contribution in [-0.4, -0.2) is 28.0 Å². The number of esters is 1. The van der Waals surface area contributed by atoms with E-state index in [1.807, 2.05) is 0 Å². The zero-order valence-electron chi connectivity index (χ0n) is 10.0. The summed E-state index contributed by atoms with van der Waals surface area (Å²) in [6.07, 6.45) is 0. The average Bonchev–Trinajstić information content (AvgIpc) is 2.85. The Morgan fingerprint density at radius 2 is 2.05 bits per heavy atom. The van der Waals surface area contributed by atoms with Gasteiger partial charge in [-0.05, 0) is 6.92 Å². The first-order valence-electron chi connectivity index (χ1n) is 5.38. The molecule has 106 valence electrons. The molecule has 0 aliphatic carbocycles. The van der Waals surface area contributed by atoms with Gasteiger partial charge in [-0.3, -0.25) is 0 Å². The summed E-state index contributed by atoms with van der Waals surface area (Å²) >= 11 is 5.37. The van der Waals surface area contributed by atoms with Crippen LogP contribution in [0.3, 0.4) is 0 Å². The Labute approximate surface area is 115 Å². The zero-order chi connectivity index (χ0) is 14.9. The first kappa shape index (κ1) is 14.3. The predicted octanol–water partition coefficient (Wildman–Crippen LogP) is 2.72. The highest BCUT2D eigenvalue weighted by molar-refractivity contribution is 6.31. The Balaban J connectivity index is 2.62. The normalized spacial score (nSPS) is 10.7. The van der Waals surface area contributed by atoms with Crippen LogP contribution >= 0.6 is 11.6 Å². The van der Waals surface area contributed by atoms with Crippen molar-refractivity contribution in [3.05, 3.63) is 34.2 Å². The van der Waals surface area contributed by atoms with E-state index in [2.05, 4.69) is 20.1 Å². The lowest BCUT2D eigenvalue weighted by molar-refractivity contribution is 0.0520. The number of benzene rings is 1. The molecule has 2 aromatic rings. The molecule has 0 spiro atoms. The summed E-state index contributed by atoms with van der Waals surface area (Å²) in [5, 5.41) is 8.10. The first-order chi connectivity index (χ1) is 9.47. The van der Waals surface area contributed by atoms with Gasteiger partial charge in [0.25, 0.3) is 0 Å². The van der Waals surface area contributed by atoms with Gasteiger partial charge < -0.3 is 4.74 Å². The number of ether oxygens (including phenoxy) is 1. The number of nitrogens with one attached hydrogen (secondary N) is 1. The van der Waals surface area contributed by atoms with E-state index < -0.39 is 45.4 Å². The third-order valence-corrected chi connectivity index (χ3v) is 2.71. The standard InChI is InChI=1S/C11H7ClF3N3O2/c1-2-20-11(19)10-9(16-18-17-10)6-4(13)3-5(14)7(12)8(6)15/h3H,2H2,1H3,(H,16,17,18). The Hall–Kier alpha value is -2.09. The molecule has 0 atom stereocenters. The minimum atomic E-state index is -1.37. The van der Waals surface area contributed by atoms with Gasteiger partial charge in [-0.1, -0.05) is 11.6 Å². The molecule has 0 aliphatic heterocycles. The Morgan fingerprint density at radius 3 is 2.70 bits per heavy atom. The summed E-state index contributed by atoms with van der Waals surface area (Å²) in [5.41, 5.74) is -1.62. The van der Waals surface area contributed by atoms with E-state index in [0.29, 0.717) is 6.07 Å². The maximum absolute atomic E-state index is 13.9. The lowest BCUT2D eigenvalue weighted by atomic mass is 10.1. The van der Waals surface area contributed by atoms with Crippen molar-refractivity contribution in [1.29, 1.82) is 0 Å². The van der Waals surface area contributed by atoms with Gasteiger partial charge >= 0.3 is 5.97 Å². The van der Waals surface area contributed by atoms with Gasteiger partial charge in [-0.2, -0.15) is 10.3 Å². The number of aromatic amines is 1. The second-order valence-corrected chi connectivity index (χ2v) is 3.96. The van der Waals surface area contributed by atoms with E-state index in [9.17, 15) is 18.0 Å². The Kier molecular flexibility index (Phi) is 3.93. The molecule has 0 saturated carbocycles. The minimum Gasteiger partial charge on any atom is -0.461 e. The van der Waals surface area contributed by atoms with Gasteiger partial charge in [0.05, 0.1) is 12.2 Å². The predicted molar refractivity (Wildman–Crippen MR) is 62.7 cm³/mol. The van der Waals surface area contributed by atoms with Crippen LogP contribution in [0.2, 0.25) is 5.02 Å². The van der Waals surface area contributed by atoms with E-state index in [0.717, 1.165) is 0 Å². The van der Waals surface area contributed by atoms with Crippen molar-refractivity contribution in [1.82, 2.24) is 15.4 Å². The molecule has 0 saturated heterocycles. The van der Waals surface area contributed by atoms with E-state index in [1.165, 1.54) is 0 Å². The van der Waals surface area contributed by atoms with E-state index in [-0.39, 0.29) is 6.61 Å². The van der Waals surface area contributed by atoms with E-state index in [4.69, 9.17) is 11.6 Å². The van der Waals surface area contributed by atoms with Crippen LogP contribution in [0, 0.1) is 17.5 Å². The van der Waals surface area contributed by atoms with Crippen molar-refractivity contribution in [2.75, 3.05) is 6.61 Å². The van der Waals surface area contributed by atoms with E-state index in [1.54, 1.807) is 6.92 Å². The minimum absolute atomic E-state index is 0.0419. The van der Waals surface area contributed by atoms with Crippen LogP contribution in [0.1, 0.15) is 17.4 Å². The number of nitrogens with zero attached hydrogens (tertiary/aromatic N) is 2. The number of halogens is 4. The third kappa shape index (κ3) is 2.34. The van der Waals surface area contributed by atoms with Crippen molar-refractivity contribution in [2.45, 2.75) is 6.92 Å². The number of carbonyl (C=O) groups excluding carboxylic acids is 1. The molecule has 0 amide bonds. The number of carbonyl (C=O) groups is 1. The quantitative estimate of drug-likeness (QED) is 0.538. The number of H-pyrrole nitrogens is 1. The van der Waals surface area contributed by atoms with Crippen molar-refractivity contribution in [3.63, 3.8) is 0 Å². The first-order valence-corrected chi connectivity index (χ1v) is 5.76. The number of rotatable bonds is 3. The van der Waals surface area contributed by atoms with Gasteiger partial charge in [-0.25, -0.2) is 18.0 Å². The molecule has 0 aliphatic rings. The fraction of sp³-hybridized carbons (Fsp3) is 0.182. The van der Waals surface area contributed by atoms with Gasteiger partial charge in [0.1, 0.15) is 22.4 Å². The van der Waals surface area contributed by atoms with E-state index >= 15 is 0 Å². The number of hydrogen-bond donors (Lipinski definition) is 1. The van der Waals surface area contributed by atoms with Crippen molar-refractivity contribution >= 4 is 17.6 Å². The summed E-state index contributed by atoms with van der Waals surface area (Å²) in [6.45, 7) is 1.59. The molecule has 1 aromatic carbocycles.